The molecule has 8 atom stereocenters. The lowest BCUT2D eigenvalue weighted by molar-refractivity contribution is -0.162. The van der Waals surface area contributed by atoms with E-state index < -0.39 is 104 Å². The zero-order valence-electron chi connectivity index (χ0n) is 40.3. The maximum atomic E-state index is 14.3. The van der Waals surface area contributed by atoms with Gasteiger partial charge in [-0.3, -0.25) is 14.9 Å². The molecule has 2 N–H and O–H groups in total. The standard InChI is InChI=1S/C39H56ClN3O10S/c1-23-14-13-15-30(50-8)39(48)22-29(51-37(47)41-39)24(2)35-38(4,53-35)31(52-36(46)25(3)42(5)32(44)16-11-10-12-17-54-9)21-33(45)43(6)27-19-26(18-23)20-28(49-7)34(27)40/h13-15,19-20,24-25,29-31,35,48H,10-12,16-18,21-22H2,1-9H3,(H,41,47)/b15-13+,23-14+/t24-,25-,29+,30-,31+,35+,38+,39+/m1/s1/i3D3,5D3,9D3. The molecule has 0 unspecified atom stereocenters. The first-order chi connectivity index (χ1) is 29.1. The second-order valence-corrected chi connectivity index (χ2v) is 15.1. The molecule has 1 aromatic carbocycles. The lowest BCUT2D eigenvalue weighted by Crippen LogP contribution is -2.63. The van der Waals surface area contributed by atoms with E-state index in [1.807, 2.05) is 6.92 Å². The van der Waals surface area contributed by atoms with Crippen molar-refractivity contribution in [1.29, 1.82) is 0 Å². The molecule has 4 bridgehead atoms. The lowest BCUT2D eigenvalue weighted by Gasteiger charge is -2.42. The predicted molar refractivity (Wildman–Crippen MR) is 208 cm³/mol. The van der Waals surface area contributed by atoms with Crippen LogP contribution >= 0.6 is 23.4 Å². The first-order valence-electron chi connectivity index (χ1n) is 22.1. The van der Waals surface area contributed by atoms with E-state index >= 15 is 0 Å². The summed E-state index contributed by atoms with van der Waals surface area (Å²) in [5.74, 6) is -3.85. The first-order valence-corrected chi connectivity index (χ1v) is 19.0. The van der Waals surface area contributed by atoms with Crippen LogP contribution in [0.1, 0.15) is 84.0 Å². The van der Waals surface area contributed by atoms with Crippen LogP contribution in [0.5, 0.6) is 5.75 Å². The number of nitrogens with one attached hydrogen (secondary N) is 1. The van der Waals surface area contributed by atoms with Crippen LogP contribution in [-0.4, -0.2) is 116 Å². The zero-order chi connectivity index (χ0) is 47.5. The number of amides is 3. The number of rotatable bonds is 11. The summed E-state index contributed by atoms with van der Waals surface area (Å²) >= 11 is 7.48. The maximum absolute atomic E-state index is 14.3. The van der Waals surface area contributed by atoms with Crippen LogP contribution < -0.4 is 15.0 Å². The summed E-state index contributed by atoms with van der Waals surface area (Å²) in [6, 6.07) is 0.679. The number of fused-ring (bicyclic) bond motifs is 5. The fourth-order valence-corrected chi connectivity index (χ4v) is 7.47. The Kier molecular flexibility index (Phi) is 10.9. The average molecular weight is 803 g/mol. The Morgan fingerprint density at radius 1 is 1.26 bits per heavy atom. The Morgan fingerprint density at radius 2 is 2.04 bits per heavy atom. The minimum Gasteiger partial charge on any atom is -0.495 e. The molecule has 0 radical (unpaired) electrons. The first kappa shape index (κ1) is 31.9. The van der Waals surface area contributed by atoms with E-state index in [1.54, 1.807) is 37.3 Å². The van der Waals surface area contributed by atoms with Gasteiger partial charge in [0.05, 0.1) is 25.3 Å². The predicted octanol–water partition coefficient (Wildman–Crippen LogP) is 5.44. The van der Waals surface area contributed by atoms with Gasteiger partial charge in [0.1, 0.15) is 40.7 Å². The third-order valence-electron chi connectivity index (χ3n) is 10.1. The van der Waals surface area contributed by atoms with Gasteiger partial charge >= 0.3 is 12.1 Å². The number of thioether (sulfide) groups is 1. The van der Waals surface area contributed by atoms with E-state index in [1.165, 1.54) is 33.1 Å². The molecule has 0 aromatic heterocycles. The number of epoxide rings is 1. The number of alkyl carbamates (subject to hydrolysis) is 1. The molecule has 0 aliphatic carbocycles. The summed E-state index contributed by atoms with van der Waals surface area (Å²) in [4.78, 5) is 56.4. The fraction of sp³-hybridized carbons (Fsp3) is 0.641. The van der Waals surface area contributed by atoms with Gasteiger partial charge in [-0.1, -0.05) is 48.7 Å². The number of methoxy groups -OCH3 is 2. The van der Waals surface area contributed by atoms with Gasteiger partial charge in [-0.2, -0.15) is 11.8 Å². The number of hydrogen-bond donors (Lipinski definition) is 2. The molecule has 54 heavy (non-hydrogen) atoms. The molecule has 1 aromatic rings. The Balaban J connectivity index is 1.77. The van der Waals surface area contributed by atoms with Crippen molar-refractivity contribution in [1.82, 2.24) is 10.2 Å². The van der Waals surface area contributed by atoms with Crippen molar-refractivity contribution in [3.8, 4) is 5.75 Å². The Hall–Kier alpha value is -3.30. The number of halogens is 1. The molecule has 300 valence electrons. The van der Waals surface area contributed by atoms with Gasteiger partial charge in [0, 0.05) is 52.2 Å². The normalized spacial score (nSPS) is 34.0. The number of nitrogens with zero attached hydrogens (tertiary/aromatic N) is 2. The number of aliphatic hydroxyl groups is 1. The second-order valence-electron chi connectivity index (χ2n) is 14.0. The van der Waals surface area contributed by atoms with Crippen molar-refractivity contribution in [3.63, 3.8) is 0 Å². The summed E-state index contributed by atoms with van der Waals surface area (Å²) in [7, 11) is 4.17. The summed E-state index contributed by atoms with van der Waals surface area (Å²) in [5, 5.41) is 14.3. The summed E-state index contributed by atoms with van der Waals surface area (Å²) in [5.41, 5.74) is -1.89. The van der Waals surface area contributed by atoms with Gasteiger partial charge < -0.3 is 38.6 Å². The van der Waals surface area contributed by atoms with Crippen molar-refractivity contribution < 1.29 is 60.3 Å². The highest BCUT2D eigenvalue weighted by Gasteiger charge is 2.64. The topological polar surface area (TPSA) is 156 Å². The number of allylic oxidation sites excluding steroid dienone is 3. The minimum absolute atomic E-state index is 0.00269. The highest BCUT2D eigenvalue weighted by Crippen LogP contribution is 2.49. The van der Waals surface area contributed by atoms with E-state index in [4.69, 9.17) is 47.6 Å². The number of anilines is 1. The monoisotopic (exact) mass is 802 g/mol. The number of ether oxygens (including phenoxy) is 5. The molecule has 13 nitrogen and oxygen atoms in total. The Labute approximate surface area is 340 Å². The average Bonchev–Trinajstić information content (AvgIpc) is 3.86. The number of carbonyl (C=O) groups is 4. The van der Waals surface area contributed by atoms with Crippen LogP contribution in [0.4, 0.5) is 10.5 Å². The van der Waals surface area contributed by atoms with Crippen LogP contribution in [-0.2, 0) is 39.8 Å². The van der Waals surface area contributed by atoms with E-state index in [0.29, 0.717) is 24.8 Å². The van der Waals surface area contributed by atoms with E-state index in [2.05, 4.69) is 5.32 Å². The molecular weight excluding hydrogens is 738 g/mol. The molecule has 4 rings (SSSR count). The molecule has 3 amide bonds. The van der Waals surface area contributed by atoms with E-state index in [-0.39, 0.29) is 40.0 Å². The van der Waals surface area contributed by atoms with Crippen LogP contribution in [0.15, 0.2) is 35.9 Å². The van der Waals surface area contributed by atoms with E-state index in [0.717, 1.165) is 17.3 Å². The van der Waals surface area contributed by atoms with Gasteiger partial charge in [0.15, 0.2) is 5.72 Å². The molecule has 3 heterocycles. The van der Waals surface area contributed by atoms with Crippen molar-refractivity contribution >= 4 is 52.9 Å². The molecule has 2 fully saturated rings. The fourth-order valence-electron chi connectivity index (χ4n) is 6.81. The second kappa shape index (κ2) is 18.6. The molecular formula is C39H56ClN3O10S. The van der Waals surface area contributed by atoms with Gasteiger partial charge in [0.25, 0.3) is 0 Å². The van der Waals surface area contributed by atoms with Gasteiger partial charge in [-0.25, -0.2) is 9.59 Å². The highest BCUT2D eigenvalue weighted by atomic mass is 35.5. The van der Waals surface area contributed by atoms with Crippen molar-refractivity contribution in [2.24, 2.45) is 5.92 Å². The van der Waals surface area contributed by atoms with Crippen LogP contribution in [0.3, 0.4) is 0 Å². The van der Waals surface area contributed by atoms with Gasteiger partial charge in [-0.05, 0) is 69.6 Å². The number of likely N-dealkylation sites (N-methyl/N-ethyl adjacent to an activating group) is 1. The zero-order valence-corrected chi connectivity index (χ0v) is 32.9. The summed E-state index contributed by atoms with van der Waals surface area (Å²) in [6.45, 7) is -1.95. The largest absolute Gasteiger partial charge is 0.495 e. The number of esters is 1. The quantitative estimate of drug-likeness (QED) is 0.167. The smallest absolute Gasteiger partial charge is 0.409 e. The number of hydrogen-bond acceptors (Lipinski definition) is 11. The SMILES string of the molecule is [2H]C([2H])([2H])SCCCCCC(=O)N([C@@H](C(=O)O[C@H]1CC(=O)N(C)c2cc(cc(OC)c2Cl)C/C(C)=C/C=C/[C@@H](OC)[C@@]2(O)C[C@H](OC(=O)N2)[C@@H](C)[C@@H]2O[C@@]12C)C([2H])([2H])[2H])C([2H])([2H])[2H]. The van der Waals surface area contributed by atoms with Crippen molar-refractivity contribution in [2.75, 3.05) is 45.1 Å². The molecule has 2 saturated heterocycles. The summed E-state index contributed by atoms with van der Waals surface area (Å²) in [6.07, 6.45) is -3.21. The molecule has 3 aliphatic heterocycles. The Bertz CT molecular complexity index is 1920. The lowest BCUT2D eigenvalue weighted by atomic mass is 9.83. The van der Waals surface area contributed by atoms with E-state index in [9.17, 15) is 24.3 Å². The van der Waals surface area contributed by atoms with Crippen molar-refractivity contribution in [3.05, 3.63) is 46.5 Å². The third-order valence-corrected chi connectivity index (χ3v) is 11.0. The van der Waals surface area contributed by atoms with Crippen LogP contribution in [0.2, 0.25) is 5.02 Å². The number of carbonyl (C=O) groups excluding carboxylic acids is 4. The Morgan fingerprint density at radius 3 is 2.72 bits per heavy atom. The van der Waals surface area contributed by atoms with Crippen LogP contribution in [0, 0.1) is 5.92 Å². The maximum Gasteiger partial charge on any atom is 0.409 e. The molecule has 0 spiro atoms. The van der Waals surface area contributed by atoms with Gasteiger partial charge in [-0.15, -0.1) is 0 Å². The number of benzene rings is 1. The molecule has 15 heteroatoms. The molecule has 0 saturated carbocycles. The number of unbranched alkanes of at least 4 members (excludes halogenated alkanes) is 2. The molecule has 3 aliphatic rings. The summed E-state index contributed by atoms with van der Waals surface area (Å²) < 4.78 is 100. The minimum atomic E-state index is -3.46. The highest BCUT2D eigenvalue weighted by molar-refractivity contribution is 7.98. The van der Waals surface area contributed by atoms with Crippen molar-refractivity contribution in [2.45, 2.75) is 114 Å². The van der Waals surface area contributed by atoms with Crippen LogP contribution in [0.25, 0.3) is 0 Å². The van der Waals surface area contributed by atoms with Gasteiger partial charge in [0.2, 0.25) is 11.8 Å². The third kappa shape index (κ3) is 10.1.